The largest absolute Gasteiger partial charge is 0.413 e. The Morgan fingerprint density at radius 3 is 2.58 bits per heavy atom. The Labute approximate surface area is 89.0 Å². The van der Waals surface area contributed by atoms with Crippen molar-refractivity contribution in [3.05, 3.63) is 33.4 Å². The first-order valence-electron chi connectivity index (χ1n) is 3.86. The Balaban J connectivity index is 2.57. The fourth-order valence-electron chi connectivity index (χ4n) is 0.838. The fourth-order valence-corrected chi connectivity index (χ4v) is 1.82. The molecule has 0 amide bonds. The Hall–Kier alpha value is 0.127. The molecule has 1 aromatic carbocycles. The molecule has 0 heterocycles. The maximum atomic E-state index is 5.61. The summed E-state index contributed by atoms with van der Waals surface area (Å²) in [4.78, 5) is 0. The quantitative estimate of drug-likeness (QED) is 0.614. The summed E-state index contributed by atoms with van der Waals surface area (Å²) in [7, 11) is -0.552. The van der Waals surface area contributed by atoms with Gasteiger partial charge in [-0.3, -0.25) is 0 Å². The SMILES string of the molecule is C[Si](C)OCc1ccccc1I. The first-order valence-corrected chi connectivity index (χ1v) is 7.35. The summed E-state index contributed by atoms with van der Waals surface area (Å²) in [6.45, 7) is 5.07. The molecule has 3 heteroatoms. The van der Waals surface area contributed by atoms with Gasteiger partial charge in [0.05, 0.1) is 6.61 Å². The van der Waals surface area contributed by atoms with E-state index in [0.29, 0.717) is 0 Å². The third kappa shape index (κ3) is 3.24. The molecule has 1 aromatic rings. The van der Waals surface area contributed by atoms with Gasteiger partial charge in [0.25, 0.3) is 0 Å². The van der Waals surface area contributed by atoms with Crippen LogP contribution in [-0.4, -0.2) is 9.04 Å². The summed E-state index contributed by atoms with van der Waals surface area (Å²) in [5.74, 6) is 0. The summed E-state index contributed by atoms with van der Waals surface area (Å²) in [6, 6.07) is 8.33. The van der Waals surface area contributed by atoms with E-state index in [9.17, 15) is 0 Å². The summed E-state index contributed by atoms with van der Waals surface area (Å²) < 4.78 is 6.90. The van der Waals surface area contributed by atoms with Gasteiger partial charge in [0.2, 0.25) is 9.04 Å². The van der Waals surface area contributed by atoms with Crippen molar-refractivity contribution >= 4 is 31.6 Å². The van der Waals surface area contributed by atoms with Gasteiger partial charge in [0, 0.05) is 3.57 Å². The molecule has 12 heavy (non-hydrogen) atoms. The lowest BCUT2D eigenvalue weighted by Crippen LogP contribution is -2.07. The van der Waals surface area contributed by atoms with E-state index in [4.69, 9.17) is 4.43 Å². The maximum Gasteiger partial charge on any atom is 0.205 e. The molecule has 0 saturated carbocycles. The molecule has 1 rings (SSSR count). The van der Waals surface area contributed by atoms with Crippen molar-refractivity contribution in [2.75, 3.05) is 0 Å². The summed E-state index contributed by atoms with van der Waals surface area (Å²) >= 11 is 2.34. The molecule has 0 saturated heterocycles. The van der Waals surface area contributed by atoms with Gasteiger partial charge in [-0.25, -0.2) is 0 Å². The molecular formula is C9H12IOSi. The van der Waals surface area contributed by atoms with Gasteiger partial charge in [-0.2, -0.15) is 0 Å². The van der Waals surface area contributed by atoms with E-state index >= 15 is 0 Å². The molecule has 0 aliphatic heterocycles. The second-order valence-electron chi connectivity index (χ2n) is 2.79. The van der Waals surface area contributed by atoms with Crippen LogP contribution in [0.4, 0.5) is 0 Å². The molecule has 1 radical (unpaired) electrons. The Kier molecular flexibility index (Phi) is 4.24. The molecule has 0 atom stereocenters. The number of benzene rings is 1. The van der Waals surface area contributed by atoms with Gasteiger partial charge < -0.3 is 4.43 Å². The van der Waals surface area contributed by atoms with Crippen LogP contribution in [0.3, 0.4) is 0 Å². The molecule has 0 bridgehead atoms. The van der Waals surface area contributed by atoms with Crippen LogP contribution >= 0.6 is 22.6 Å². The van der Waals surface area contributed by atoms with Gasteiger partial charge in [-0.1, -0.05) is 18.2 Å². The summed E-state index contributed by atoms with van der Waals surface area (Å²) in [6.07, 6.45) is 0. The topological polar surface area (TPSA) is 9.23 Å². The Morgan fingerprint density at radius 2 is 2.00 bits per heavy atom. The molecule has 0 fully saturated rings. The van der Waals surface area contributed by atoms with Gasteiger partial charge in [-0.15, -0.1) is 0 Å². The van der Waals surface area contributed by atoms with Gasteiger partial charge in [0.1, 0.15) is 0 Å². The van der Waals surface area contributed by atoms with Crippen molar-refractivity contribution in [1.82, 2.24) is 0 Å². The molecule has 0 aromatic heterocycles. The Bertz CT molecular complexity index is 250. The molecule has 0 aliphatic rings. The summed E-state index contributed by atoms with van der Waals surface area (Å²) in [5.41, 5.74) is 1.30. The van der Waals surface area contributed by atoms with Crippen LogP contribution < -0.4 is 0 Å². The maximum absolute atomic E-state index is 5.61. The number of rotatable bonds is 3. The second-order valence-corrected chi connectivity index (χ2v) is 6.06. The highest BCUT2D eigenvalue weighted by molar-refractivity contribution is 14.1. The average molecular weight is 291 g/mol. The minimum Gasteiger partial charge on any atom is -0.413 e. The van der Waals surface area contributed by atoms with Crippen molar-refractivity contribution in [1.29, 1.82) is 0 Å². The smallest absolute Gasteiger partial charge is 0.205 e. The normalized spacial score (nSPS) is 10.7. The highest BCUT2D eigenvalue weighted by Gasteiger charge is 2.00. The first kappa shape index (κ1) is 10.2. The van der Waals surface area contributed by atoms with Crippen molar-refractivity contribution < 1.29 is 4.43 Å². The Morgan fingerprint density at radius 1 is 1.33 bits per heavy atom. The zero-order chi connectivity index (χ0) is 8.97. The van der Waals surface area contributed by atoms with Gasteiger partial charge in [-0.05, 0) is 47.3 Å². The lowest BCUT2D eigenvalue weighted by Gasteiger charge is -2.07. The molecular weight excluding hydrogens is 279 g/mol. The molecule has 65 valence electrons. The van der Waals surface area contributed by atoms with Crippen LogP contribution in [0.15, 0.2) is 24.3 Å². The standard InChI is InChI=1S/C9H12IOSi/c1-12(2)11-7-8-5-3-4-6-9(8)10/h3-6H,7H2,1-2H3. The van der Waals surface area contributed by atoms with E-state index in [2.05, 4.69) is 60.0 Å². The molecule has 0 aliphatic carbocycles. The predicted molar refractivity (Wildman–Crippen MR) is 61.4 cm³/mol. The average Bonchev–Trinajstić information content (AvgIpc) is 2.03. The van der Waals surface area contributed by atoms with E-state index in [0.717, 1.165) is 6.61 Å². The molecule has 0 spiro atoms. The van der Waals surface area contributed by atoms with E-state index in [1.807, 2.05) is 0 Å². The van der Waals surface area contributed by atoms with E-state index in [1.165, 1.54) is 9.13 Å². The minimum absolute atomic E-state index is 0.552. The summed E-state index contributed by atoms with van der Waals surface area (Å²) in [5, 5.41) is 0. The molecule has 0 unspecified atom stereocenters. The van der Waals surface area contributed by atoms with Crippen LogP contribution in [-0.2, 0) is 11.0 Å². The van der Waals surface area contributed by atoms with Crippen molar-refractivity contribution in [3.63, 3.8) is 0 Å². The lowest BCUT2D eigenvalue weighted by molar-refractivity contribution is 0.313. The van der Waals surface area contributed by atoms with Crippen LogP contribution in [0.2, 0.25) is 13.1 Å². The van der Waals surface area contributed by atoms with Crippen LogP contribution in [0.5, 0.6) is 0 Å². The zero-order valence-corrected chi connectivity index (χ0v) is 10.5. The van der Waals surface area contributed by atoms with Gasteiger partial charge >= 0.3 is 0 Å². The van der Waals surface area contributed by atoms with E-state index < -0.39 is 9.04 Å². The predicted octanol–water partition coefficient (Wildman–Crippen LogP) is 3.06. The number of hydrogen-bond acceptors (Lipinski definition) is 1. The van der Waals surface area contributed by atoms with Crippen molar-refractivity contribution in [2.24, 2.45) is 0 Å². The monoisotopic (exact) mass is 291 g/mol. The highest BCUT2D eigenvalue weighted by Crippen LogP contribution is 2.12. The van der Waals surface area contributed by atoms with Crippen LogP contribution in [0, 0.1) is 3.57 Å². The minimum atomic E-state index is -0.552. The van der Waals surface area contributed by atoms with E-state index in [-0.39, 0.29) is 0 Å². The first-order chi connectivity index (χ1) is 5.70. The molecule has 1 nitrogen and oxygen atoms in total. The van der Waals surface area contributed by atoms with Crippen LogP contribution in [0.25, 0.3) is 0 Å². The van der Waals surface area contributed by atoms with Crippen molar-refractivity contribution in [3.8, 4) is 0 Å². The van der Waals surface area contributed by atoms with Crippen molar-refractivity contribution in [2.45, 2.75) is 19.7 Å². The second kappa shape index (κ2) is 4.99. The highest BCUT2D eigenvalue weighted by atomic mass is 127. The molecule has 0 N–H and O–H groups in total. The van der Waals surface area contributed by atoms with Gasteiger partial charge in [0.15, 0.2) is 0 Å². The zero-order valence-electron chi connectivity index (χ0n) is 7.30. The third-order valence-corrected chi connectivity index (χ3v) is 3.25. The fraction of sp³-hybridized carbons (Fsp3) is 0.333. The lowest BCUT2D eigenvalue weighted by atomic mass is 10.2. The van der Waals surface area contributed by atoms with E-state index in [1.54, 1.807) is 0 Å². The van der Waals surface area contributed by atoms with Crippen LogP contribution in [0.1, 0.15) is 5.56 Å². The third-order valence-electron chi connectivity index (χ3n) is 1.47. The number of halogens is 1. The number of hydrogen-bond donors (Lipinski definition) is 0.